The first-order valence-electron chi connectivity index (χ1n) is 5.47. The van der Waals surface area contributed by atoms with Gasteiger partial charge >= 0.3 is 6.03 Å². The Morgan fingerprint density at radius 3 is 2.79 bits per heavy atom. The van der Waals surface area contributed by atoms with Gasteiger partial charge in [0.2, 0.25) is 0 Å². The van der Waals surface area contributed by atoms with Gasteiger partial charge in [0.05, 0.1) is 4.47 Å². The van der Waals surface area contributed by atoms with Crippen LogP contribution in [0.15, 0.2) is 41.0 Å². The number of hydrogen-bond donors (Lipinski definition) is 2. The molecule has 1 heterocycles. The SMILES string of the molecule is C=CCN1C(=O)NC(=Cc2ccc(O)c(Br)c2)C1=O. The largest absolute Gasteiger partial charge is 0.507 e. The molecular formula is C13H11BrN2O3. The maximum Gasteiger partial charge on any atom is 0.329 e. The van der Waals surface area contributed by atoms with Crippen LogP contribution in [0.1, 0.15) is 5.56 Å². The molecule has 2 rings (SSSR count). The average molecular weight is 323 g/mol. The number of aromatic hydroxyl groups is 1. The van der Waals surface area contributed by atoms with Gasteiger partial charge in [-0.1, -0.05) is 12.1 Å². The molecule has 0 unspecified atom stereocenters. The van der Waals surface area contributed by atoms with E-state index < -0.39 is 11.9 Å². The summed E-state index contributed by atoms with van der Waals surface area (Å²) in [5.74, 6) is -0.286. The van der Waals surface area contributed by atoms with Crippen LogP contribution in [0, 0.1) is 0 Å². The van der Waals surface area contributed by atoms with E-state index in [1.807, 2.05) is 0 Å². The molecule has 5 nitrogen and oxygen atoms in total. The maximum absolute atomic E-state index is 11.9. The van der Waals surface area contributed by atoms with E-state index in [0.717, 1.165) is 4.90 Å². The lowest BCUT2D eigenvalue weighted by molar-refractivity contribution is -0.122. The molecule has 98 valence electrons. The quantitative estimate of drug-likeness (QED) is 0.509. The lowest BCUT2D eigenvalue weighted by atomic mass is 10.2. The smallest absolute Gasteiger partial charge is 0.329 e. The normalized spacial score (nSPS) is 16.9. The summed E-state index contributed by atoms with van der Waals surface area (Å²) in [6, 6.07) is 4.33. The summed E-state index contributed by atoms with van der Waals surface area (Å²) in [5, 5.41) is 11.9. The van der Waals surface area contributed by atoms with Gasteiger partial charge in [0.1, 0.15) is 11.4 Å². The summed E-state index contributed by atoms with van der Waals surface area (Å²) in [4.78, 5) is 24.5. The van der Waals surface area contributed by atoms with Crippen molar-refractivity contribution in [1.29, 1.82) is 0 Å². The first-order chi connectivity index (χ1) is 9.02. The number of phenolic OH excluding ortho intramolecular Hbond substituents is 1. The van der Waals surface area contributed by atoms with Crippen LogP contribution >= 0.6 is 15.9 Å². The Bertz CT molecular complexity index is 596. The number of halogens is 1. The highest BCUT2D eigenvalue weighted by Crippen LogP contribution is 2.25. The van der Waals surface area contributed by atoms with Gasteiger partial charge in [0.25, 0.3) is 5.91 Å². The Labute approximate surface area is 118 Å². The minimum Gasteiger partial charge on any atom is -0.507 e. The molecule has 0 atom stereocenters. The lowest BCUT2D eigenvalue weighted by Gasteiger charge is -2.06. The minimum absolute atomic E-state index is 0.109. The van der Waals surface area contributed by atoms with Crippen molar-refractivity contribution in [3.05, 3.63) is 46.6 Å². The van der Waals surface area contributed by atoms with E-state index in [0.29, 0.717) is 10.0 Å². The molecule has 1 aromatic carbocycles. The van der Waals surface area contributed by atoms with Crippen molar-refractivity contribution in [2.75, 3.05) is 6.54 Å². The number of benzene rings is 1. The zero-order valence-electron chi connectivity index (χ0n) is 9.89. The van der Waals surface area contributed by atoms with Gasteiger partial charge in [-0.25, -0.2) is 4.79 Å². The van der Waals surface area contributed by atoms with Gasteiger partial charge in [0.15, 0.2) is 0 Å². The monoisotopic (exact) mass is 322 g/mol. The average Bonchev–Trinajstić information content (AvgIpc) is 2.62. The molecule has 1 saturated heterocycles. The molecule has 0 spiro atoms. The second kappa shape index (κ2) is 5.27. The molecule has 0 aromatic heterocycles. The summed E-state index contributed by atoms with van der Waals surface area (Å²) in [7, 11) is 0. The molecule has 0 radical (unpaired) electrons. The molecule has 1 fully saturated rings. The number of amides is 3. The molecule has 2 N–H and O–H groups in total. The number of rotatable bonds is 3. The molecule has 3 amide bonds. The van der Waals surface area contributed by atoms with E-state index in [1.165, 1.54) is 12.1 Å². The first kappa shape index (κ1) is 13.4. The highest BCUT2D eigenvalue weighted by Gasteiger charge is 2.32. The van der Waals surface area contributed by atoms with E-state index in [4.69, 9.17) is 0 Å². The van der Waals surface area contributed by atoms with Crippen molar-refractivity contribution in [2.45, 2.75) is 0 Å². The number of nitrogens with one attached hydrogen (secondary N) is 1. The predicted molar refractivity (Wildman–Crippen MR) is 74.2 cm³/mol. The zero-order chi connectivity index (χ0) is 14.0. The Kier molecular flexibility index (Phi) is 3.71. The van der Waals surface area contributed by atoms with Crippen molar-refractivity contribution in [1.82, 2.24) is 10.2 Å². The van der Waals surface area contributed by atoms with Gasteiger partial charge in [-0.3, -0.25) is 9.69 Å². The van der Waals surface area contributed by atoms with E-state index in [-0.39, 0.29) is 18.0 Å². The Hall–Kier alpha value is -2.08. The number of carbonyl (C=O) groups excluding carboxylic acids is 2. The molecular weight excluding hydrogens is 312 g/mol. The third-order valence-electron chi connectivity index (χ3n) is 2.56. The van der Waals surface area contributed by atoms with Gasteiger partial charge in [-0.05, 0) is 39.7 Å². The standard InChI is InChI=1S/C13H11BrN2O3/c1-2-5-16-12(18)10(15-13(16)19)7-8-3-4-11(17)9(14)6-8/h2-4,6-7,17H,1,5H2,(H,15,19). The Balaban J connectivity index is 2.29. The molecule has 19 heavy (non-hydrogen) atoms. The second-order valence-corrected chi connectivity index (χ2v) is 4.76. The fourth-order valence-corrected chi connectivity index (χ4v) is 2.04. The number of nitrogens with zero attached hydrogens (tertiary/aromatic N) is 1. The predicted octanol–water partition coefficient (Wildman–Crippen LogP) is 2.23. The maximum atomic E-state index is 11.9. The zero-order valence-corrected chi connectivity index (χ0v) is 11.5. The van der Waals surface area contributed by atoms with Gasteiger partial charge in [0, 0.05) is 6.54 Å². The Morgan fingerprint density at radius 1 is 1.42 bits per heavy atom. The van der Waals surface area contributed by atoms with E-state index in [2.05, 4.69) is 27.8 Å². The van der Waals surface area contributed by atoms with Gasteiger partial charge in [-0.2, -0.15) is 0 Å². The first-order valence-corrected chi connectivity index (χ1v) is 6.26. The molecule has 0 bridgehead atoms. The van der Waals surface area contributed by atoms with Crippen LogP contribution in [0.2, 0.25) is 0 Å². The van der Waals surface area contributed by atoms with Crippen LogP contribution in [-0.2, 0) is 4.79 Å². The number of carbonyl (C=O) groups is 2. The third-order valence-corrected chi connectivity index (χ3v) is 3.19. The summed E-state index contributed by atoms with van der Waals surface area (Å²) < 4.78 is 0.515. The number of phenols is 1. The highest BCUT2D eigenvalue weighted by atomic mass is 79.9. The van der Waals surface area contributed by atoms with Crippen LogP contribution < -0.4 is 5.32 Å². The van der Waals surface area contributed by atoms with Crippen LogP contribution in [0.4, 0.5) is 4.79 Å². The molecule has 1 aromatic rings. The Morgan fingerprint density at radius 2 is 2.16 bits per heavy atom. The molecule has 6 heteroatoms. The fourth-order valence-electron chi connectivity index (χ4n) is 1.65. The van der Waals surface area contributed by atoms with Crippen molar-refractivity contribution >= 4 is 33.9 Å². The van der Waals surface area contributed by atoms with Crippen LogP contribution in [0.5, 0.6) is 5.75 Å². The summed E-state index contributed by atoms with van der Waals surface area (Å²) in [5.41, 5.74) is 0.887. The number of imide groups is 1. The van der Waals surface area contributed by atoms with Crippen molar-refractivity contribution in [2.24, 2.45) is 0 Å². The lowest BCUT2D eigenvalue weighted by Crippen LogP contribution is -2.30. The highest BCUT2D eigenvalue weighted by molar-refractivity contribution is 9.10. The molecule has 1 aliphatic rings. The molecule has 0 aliphatic carbocycles. The van der Waals surface area contributed by atoms with E-state index in [9.17, 15) is 14.7 Å². The molecule has 0 saturated carbocycles. The second-order valence-electron chi connectivity index (χ2n) is 3.90. The number of hydrogen-bond acceptors (Lipinski definition) is 3. The summed E-state index contributed by atoms with van der Waals surface area (Å²) >= 11 is 3.18. The van der Waals surface area contributed by atoms with Crippen LogP contribution in [0.25, 0.3) is 6.08 Å². The molecule has 1 aliphatic heterocycles. The van der Waals surface area contributed by atoms with Gasteiger partial charge < -0.3 is 10.4 Å². The van der Waals surface area contributed by atoms with Crippen LogP contribution in [0.3, 0.4) is 0 Å². The third kappa shape index (κ3) is 2.68. The fraction of sp³-hybridized carbons (Fsp3) is 0.0769. The van der Waals surface area contributed by atoms with E-state index in [1.54, 1.807) is 18.2 Å². The number of urea groups is 1. The van der Waals surface area contributed by atoms with E-state index >= 15 is 0 Å². The van der Waals surface area contributed by atoms with Crippen LogP contribution in [-0.4, -0.2) is 28.5 Å². The van der Waals surface area contributed by atoms with Crippen molar-refractivity contribution < 1.29 is 14.7 Å². The topological polar surface area (TPSA) is 69.6 Å². The van der Waals surface area contributed by atoms with Gasteiger partial charge in [-0.15, -0.1) is 6.58 Å². The minimum atomic E-state index is -0.464. The summed E-state index contributed by atoms with van der Waals surface area (Å²) in [6.45, 7) is 3.66. The summed E-state index contributed by atoms with van der Waals surface area (Å²) in [6.07, 6.45) is 3.03. The van der Waals surface area contributed by atoms with Crippen molar-refractivity contribution in [3.63, 3.8) is 0 Å². The van der Waals surface area contributed by atoms with Crippen molar-refractivity contribution in [3.8, 4) is 5.75 Å².